The Morgan fingerprint density at radius 1 is 1.08 bits per heavy atom. The van der Waals surface area contributed by atoms with Crippen LogP contribution >= 0.6 is 0 Å². The number of piperidine rings is 1. The zero-order valence-corrected chi connectivity index (χ0v) is 14.8. The Hall–Kier alpha value is -2.08. The number of hydrogen-bond acceptors (Lipinski definition) is 5. The zero-order valence-electron chi connectivity index (χ0n) is 14.8. The molecule has 1 saturated carbocycles. The predicted molar refractivity (Wildman–Crippen MR) is 95.2 cm³/mol. The Kier molecular flexibility index (Phi) is 4.61. The second-order valence-corrected chi connectivity index (χ2v) is 7.36. The number of aryl methyl sites for hydroxylation is 1. The molecule has 2 aromatic heterocycles. The molecule has 4 rings (SSSR count). The third kappa shape index (κ3) is 3.95. The molecule has 25 heavy (non-hydrogen) atoms. The van der Waals surface area contributed by atoms with Crippen LogP contribution in [0.25, 0.3) is 0 Å². The van der Waals surface area contributed by atoms with E-state index in [0.29, 0.717) is 11.8 Å². The van der Waals surface area contributed by atoms with Crippen LogP contribution in [0.3, 0.4) is 0 Å². The third-order valence-corrected chi connectivity index (χ3v) is 5.38. The molecule has 132 valence electrons. The summed E-state index contributed by atoms with van der Waals surface area (Å²) in [5.74, 6) is 1.11. The Bertz CT molecular complexity index is 790. The molecule has 0 N–H and O–H groups in total. The Morgan fingerprint density at radius 3 is 2.56 bits per heavy atom. The highest BCUT2D eigenvalue weighted by Crippen LogP contribution is 2.38. The van der Waals surface area contributed by atoms with Crippen LogP contribution < -0.4 is 5.56 Å². The molecule has 0 unspecified atom stereocenters. The van der Waals surface area contributed by atoms with E-state index in [9.17, 15) is 4.79 Å². The van der Waals surface area contributed by atoms with Gasteiger partial charge in [0.1, 0.15) is 0 Å². The maximum atomic E-state index is 12.1. The molecule has 1 aliphatic heterocycles. The first-order chi connectivity index (χ1) is 12.2. The minimum atomic E-state index is 0.0296. The second kappa shape index (κ2) is 7.04. The van der Waals surface area contributed by atoms with Gasteiger partial charge in [-0.1, -0.05) is 0 Å². The van der Waals surface area contributed by atoms with Crippen molar-refractivity contribution < 1.29 is 0 Å². The van der Waals surface area contributed by atoms with E-state index in [4.69, 9.17) is 0 Å². The van der Waals surface area contributed by atoms with Crippen LogP contribution in [0.5, 0.6) is 0 Å². The van der Waals surface area contributed by atoms with Gasteiger partial charge < -0.3 is 0 Å². The Morgan fingerprint density at radius 2 is 1.84 bits per heavy atom. The summed E-state index contributed by atoms with van der Waals surface area (Å²) in [6, 6.07) is 3.59. The van der Waals surface area contributed by atoms with Crippen molar-refractivity contribution in [1.82, 2.24) is 24.6 Å². The fraction of sp³-hybridized carbons (Fsp3) is 0.579. The lowest BCUT2D eigenvalue weighted by Gasteiger charge is -2.31. The fourth-order valence-electron chi connectivity index (χ4n) is 3.57. The summed E-state index contributed by atoms with van der Waals surface area (Å²) in [6.07, 6.45) is 8.13. The van der Waals surface area contributed by atoms with Crippen LogP contribution in [0.1, 0.15) is 48.7 Å². The van der Waals surface area contributed by atoms with Gasteiger partial charge in [-0.2, -0.15) is 5.10 Å². The molecule has 6 heteroatoms. The SMILES string of the molecule is Cc1nccnc1CN1CCC(Cn2nc(C3CC3)ccc2=O)CC1. The molecule has 1 aliphatic carbocycles. The van der Waals surface area contributed by atoms with Crippen molar-refractivity contribution in [2.75, 3.05) is 13.1 Å². The predicted octanol–water partition coefficient (Wildman–Crippen LogP) is 2.13. The normalized spacial score (nSPS) is 19.2. The van der Waals surface area contributed by atoms with E-state index in [0.717, 1.165) is 56.1 Å². The van der Waals surface area contributed by atoms with Crippen molar-refractivity contribution in [1.29, 1.82) is 0 Å². The minimum absolute atomic E-state index is 0.0296. The van der Waals surface area contributed by atoms with Gasteiger partial charge in [-0.15, -0.1) is 0 Å². The molecule has 2 fully saturated rings. The van der Waals surface area contributed by atoms with Crippen molar-refractivity contribution >= 4 is 0 Å². The summed E-state index contributed by atoms with van der Waals surface area (Å²) in [5.41, 5.74) is 3.20. The van der Waals surface area contributed by atoms with E-state index in [1.807, 2.05) is 13.0 Å². The first-order valence-electron chi connectivity index (χ1n) is 9.26. The molecule has 0 bridgehead atoms. The first-order valence-corrected chi connectivity index (χ1v) is 9.26. The van der Waals surface area contributed by atoms with Gasteiger partial charge in [0.15, 0.2) is 0 Å². The molecule has 0 amide bonds. The van der Waals surface area contributed by atoms with Crippen molar-refractivity contribution in [3.8, 4) is 0 Å². The molecule has 2 aromatic rings. The molecule has 0 atom stereocenters. The average Bonchev–Trinajstić information content (AvgIpc) is 3.46. The Labute approximate surface area is 147 Å². The van der Waals surface area contributed by atoms with E-state index in [1.54, 1.807) is 23.1 Å². The molecular weight excluding hydrogens is 314 g/mol. The van der Waals surface area contributed by atoms with E-state index in [2.05, 4.69) is 20.0 Å². The van der Waals surface area contributed by atoms with Gasteiger partial charge in [-0.05, 0) is 57.7 Å². The maximum absolute atomic E-state index is 12.1. The van der Waals surface area contributed by atoms with Gasteiger partial charge in [-0.25, -0.2) is 4.68 Å². The topological polar surface area (TPSA) is 63.9 Å². The molecular formula is C19H25N5O. The van der Waals surface area contributed by atoms with Crippen LogP contribution in [0.2, 0.25) is 0 Å². The molecule has 0 aromatic carbocycles. The number of hydrogen-bond donors (Lipinski definition) is 0. The van der Waals surface area contributed by atoms with Gasteiger partial charge >= 0.3 is 0 Å². The van der Waals surface area contributed by atoms with Gasteiger partial charge in [0.05, 0.1) is 17.1 Å². The largest absolute Gasteiger partial charge is 0.297 e. The highest BCUT2D eigenvalue weighted by molar-refractivity contribution is 5.12. The van der Waals surface area contributed by atoms with Gasteiger partial charge in [0, 0.05) is 37.5 Å². The smallest absolute Gasteiger partial charge is 0.266 e. The van der Waals surface area contributed by atoms with E-state index in [1.165, 1.54) is 12.8 Å². The van der Waals surface area contributed by atoms with Crippen LogP contribution in [-0.2, 0) is 13.1 Å². The molecule has 3 heterocycles. The van der Waals surface area contributed by atoms with E-state index < -0.39 is 0 Å². The van der Waals surface area contributed by atoms with Crippen LogP contribution in [0, 0.1) is 12.8 Å². The van der Waals surface area contributed by atoms with Gasteiger partial charge in [0.25, 0.3) is 5.56 Å². The highest BCUT2D eigenvalue weighted by atomic mass is 16.1. The third-order valence-electron chi connectivity index (χ3n) is 5.38. The number of rotatable bonds is 5. The van der Waals surface area contributed by atoms with Gasteiger partial charge in [0.2, 0.25) is 0 Å². The number of likely N-dealkylation sites (tertiary alicyclic amines) is 1. The molecule has 2 aliphatic rings. The number of nitrogens with zero attached hydrogens (tertiary/aromatic N) is 5. The van der Waals surface area contributed by atoms with Crippen LogP contribution in [0.4, 0.5) is 0 Å². The van der Waals surface area contributed by atoms with Crippen molar-refractivity contribution in [2.45, 2.75) is 51.6 Å². The molecule has 0 spiro atoms. The monoisotopic (exact) mass is 339 g/mol. The fourth-order valence-corrected chi connectivity index (χ4v) is 3.57. The van der Waals surface area contributed by atoms with E-state index >= 15 is 0 Å². The summed E-state index contributed by atoms with van der Waals surface area (Å²) in [6.45, 7) is 5.70. The average molecular weight is 339 g/mol. The quantitative estimate of drug-likeness (QED) is 0.835. The highest BCUT2D eigenvalue weighted by Gasteiger charge is 2.26. The Balaban J connectivity index is 1.34. The molecule has 1 saturated heterocycles. The van der Waals surface area contributed by atoms with Crippen LogP contribution in [-0.4, -0.2) is 37.7 Å². The lowest BCUT2D eigenvalue weighted by Crippen LogP contribution is -2.36. The van der Waals surface area contributed by atoms with Crippen LogP contribution in [0.15, 0.2) is 29.3 Å². The number of aromatic nitrogens is 4. The summed E-state index contributed by atoms with van der Waals surface area (Å²) in [4.78, 5) is 23.3. The van der Waals surface area contributed by atoms with Gasteiger partial charge in [-0.3, -0.25) is 19.7 Å². The van der Waals surface area contributed by atoms with E-state index in [-0.39, 0.29) is 5.56 Å². The lowest BCUT2D eigenvalue weighted by molar-refractivity contribution is 0.161. The standard InChI is InChI=1S/C19H25N5O/c1-14-18(21-9-8-20-14)13-23-10-6-15(7-11-23)12-24-19(25)5-4-17(22-24)16-2-3-16/h4-5,8-9,15-16H,2-3,6-7,10-13H2,1H3. The molecule has 6 nitrogen and oxygen atoms in total. The summed E-state index contributed by atoms with van der Waals surface area (Å²) in [7, 11) is 0. The summed E-state index contributed by atoms with van der Waals surface area (Å²) < 4.78 is 1.70. The van der Waals surface area contributed by atoms with Crippen molar-refractivity contribution in [3.63, 3.8) is 0 Å². The summed E-state index contributed by atoms with van der Waals surface area (Å²) in [5, 5.41) is 4.60. The zero-order chi connectivity index (χ0) is 17.2. The van der Waals surface area contributed by atoms with Crippen molar-refractivity contribution in [3.05, 3.63) is 52.0 Å². The first kappa shape index (κ1) is 16.4. The summed E-state index contributed by atoms with van der Waals surface area (Å²) >= 11 is 0. The van der Waals surface area contributed by atoms with Crippen molar-refractivity contribution in [2.24, 2.45) is 5.92 Å². The lowest BCUT2D eigenvalue weighted by atomic mass is 9.96. The minimum Gasteiger partial charge on any atom is -0.297 e. The second-order valence-electron chi connectivity index (χ2n) is 7.36. The molecule has 0 radical (unpaired) electrons. The maximum Gasteiger partial charge on any atom is 0.266 e.